The summed E-state index contributed by atoms with van der Waals surface area (Å²) in [6, 6.07) is 5.30. The van der Waals surface area contributed by atoms with Crippen molar-refractivity contribution in [3.63, 3.8) is 0 Å². The topological polar surface area (TPSA) is 128 Å². The van der Waals surface area contributed by atoms with E-state index < -0.39 is 16.1 Å². The molecule has 0 radical (unpaired) electrons. The maximum Gasteiger partial charge on any atom is 0.323 e. The normalized spacial score (nSPS) is 16.4. The molecule has 1 saturated heterocycles. The van der Waals surface area contributed by atoms with Gasteiger partial charge in [0.1, 0.15) is 24.0 Å². The number of benzene rings is 2. The van der Waals surface area contributed by atoms with Gasteiger partial charge in [0.05, 0.1) is 10.4 Å². The van der Waals surface area contributed by atoms with Gasteiger partial charge in [0.15, 0.2) is 0 Å². The number of aromatic amines is 2. The molecule has 9 nitrogen and oxygen atoms in total. The predicted molar refractivity (Wildman–Crippen MR) is 145 cm³/mol. The van der Waals surface area contributed by atoms with Crippen molar-refractivity contribution >= 4 is 21.1 Å². The van der Waals surface area contributed by atoms with Crippen LogP contribution in [0.5, 0.6) is 5.75 Å². The smallest absolute Gasteiger partial charge is 0.323 e. The summed E-state index contributed by atoms with van der Waals surface area (Å²) in [5, 5.41) is 13.6. The van der Waals surface area contributed by atoms with Crippen LogP contribution >= 0.6 is 0 Å². The molecule has 0 bridgehead atoms. The van der Waals surface area contributed by atoms with Crippen LogP contribution in [0.1, 0.15) is 40.7 Å². The van der Waals surface area contributed by atoms with Gasteiger partial charge in [0.2, 0.25) is 10.0 Å². The van der Waals surface area contributed by atoms with E-state index in [0.29, 0.717) is 53.8 Å². The number of ether oxygens (including phenoxy) is 1. The van der Waals surface area contributed by atoms with Crippen LogP contribution in [0, 0.1) is 40.5 Å². The molecule has 0 spiro atoms. The van der Waals surface area contributed by atoms with Gasteiger partial charge < -0.3 is 25.1 Å². The Morgan fingerprint density at radius 3 is 2.30 bits per heavy atom. The third-order valence-corrected chi connectivity index (χ3v) is 10.0. The van der Waals surface area contributed by atoms with Gasteiger partial charge >= 0.3 is 5.69 Å². The largest absolute Gasteiger partial charge is 0.489 e. The Morgan fingerprint density at radius 2 is 1.65 bits per heavy atom. The fourth-order valence-corrected chi connectivity index (χ4v) is 7.22. The second kappa shape index (κ2) is 11.0. The molecule has 0 amide bonds. The molecule has 3 aromatic rings. The van der Waals surface area contributed by atoms with Crippen LogP contribution in [-0.4, -0.2) is 66.7 Å². The van der Waals surface area contributed by atoms with Gasteiger partial charge in [0.25, 0.3) is 0 Å². The molecule has 1 aromatic heterocycles. The summed E-state index contributed by atoms with van der Waals surface area (Å²) in [5.74, 6) is 0.842. The SMILES string of the molecule is Cc1c(C)c(C)c(S(=O)(=O)N2CCC(CNC[C@H](O)COc3cccc4[nH]c(=O)[nH]c34)CC2)c(C)c1C. The first-order valence-corrected chi connectivity index (χ1v) is 14.2. The Hall–Kier alpha value is -2.66. The van der Waals surface area contributed by atoms with Crippen LogP contribution in [-0.2, 0) is 10.0 Å². The fraction of sp³-hybridized carbons (Fsp3) is 0.519. The molecule has 0 unspecified atom stereocenters. The number of rotatable bonds is 9. The first-order chi connectivity index (χ1) is 17.5. The molecular formula is C27H38N4O5S. The zero-order chi connectivity index (χ0) is 26.9. The van der Waals surface area contributed by atoms with Crippen LogP contribution < -0.4 is 15.7 Å². The number of sulfonamides is 1. The summed E-state index contributed by atoms with van der Waals surface area (Å²) >= 11 is 0. The number of piperidine rings is 1. The number of H-pyrrole nitrogens is 2. The van der Waals surface area contributed by atoms with Gasteiger partial charge in [0, 0.05) is 19.6 Å². The van der Waals surface area contributed by atoms with E-state index in [2.05, 4.69) is 15.3 Å². The molecule has 10 heteroatoms. The highest BCUT2D eigenvalue weighted by molar-refractivity contribution is 7.89. The standard InChI is InChI=1S/C27H38N4O5S/c1-16-17(2)19(4)26(20(5)18(16)3)37(34,35)31-11-9-21(10-12-31)13-28-14-22(32)15-36-24-8-6-7-23-25(24)30-27(33)29-23/h6-8,21-22,28,32H,9-15H2,1-5H3,(H2,29,30,33)/t22-/m0/s1. The quantitative estimate of drug-likeness (QED) is 0.337. The number of hydrogen-bond acceptors (Lipinski definition) is 6. The van der Waals surface area contributed by atoms with E-state index >= 15 is 0 Å². The van der Waals surface area contributed by atoms with E-state index in [0.717, 1.165) is 40.7 Å². The van der Waals surface area contributed by atoms with Gasteiger partial charge in [-0.05, 0) is 99.9 Å². The molecule has 2 aromatic carbocycles. The number of hydrogen-bond donors (Lipinski definition) is 4. The average molecular weight is 531 g/mol. The molecule has 4 N–H and O–H groups in total. The second-order valence-corrected chi connectivity index (χ2v) is 12.1. The van der Waals surface area contributed by atoms with Gasteiger partial charge in [-0.15, -0.1) is 0 Å². The van der Waals surface area contributed by atoms with E-state index in [9.17, 15) is 18.3 Å². The van der Waals surface area contributed by atoms with E-state index in [-0.39, 0.29) is 12.3 Å². The molecule has 0 aliphatic carbocycles. The number of aromatic nitrogens is 2. The molecule has 1 aliphatic rings. The van der Waals surface area contributed by atoms with Crippen molar-refractivity contribution in [3.05, 3.63) is 56.5 Å². The minimum absolute atomic E-state index is 0.0874. The number of aliphatic hydroxyl groups is 1. The molecule has 202 valence electrons. The molecular weight excluding hydrogens is 492 g/mol. The highest BCUT2D eigenvalue weighted by atomic mass is 32.2. The van der Waals surface area contributed by atoms with Crippen molar-refractivity contribution < 1.29 is 18.3 Å². The highest BCUT2D eigenvalue weighted by Crippen LogP contribution is 2.33. The summed E-state index contributed by atoms with van der Waals surface area (Å²) < 4.78 is 34.5. The van der Waals surface area contributed by atoms with Crippen molar-refractivity contribution in [1.82, 2.24) is 19.6 Å². The zero-order valence-corrected chi connectivity index (χ0v) is 23.1. The molecule has 0 saturated carbocycles. The van der Waals surface area contributed by atoms with Gasteiger partial charge in [-0.2, -0.15) is 4.31 Å². The Balaban J connectivity index is 1.26. The van der Waals surface area contributed by atoms with Crippen LogP contribution in [0.25, 0.3) is 11.0 Å². The lowest BCUT2D eigenvalue weighted by atomic mass is 9.95. The van der Waals surface area contributed by atoms with Crippen molar-refractivity contribution in [2.24, 2.45) is 5.92 Å². The van der Waals surface area contributed by atoms with Crippen LogP contribution in [0.4, 0.5) is 0 Å². The van der Waals surface area contributed by atoms with E-state index in [1.807, 2.05) is 34.6 Å². The van der Waals surface area contributed by atoms with E-state index in [1.165, 1.54) is 0 Å². The predicted octanol–water partition coefficient (Wildman–Crippen LogP) is 2.83. The molecule has 1 atom stereocenters. The maximum atomic E-state index is 13.6. The third-order valence-electron chi connectivity index (χ3n) is 7.86. The van der Waals surface area contributed by atoms with Crippen LogP contribution in [0.15, 0.2) is 27.9 Å². The highest BCUT2D eigenvalue weighted by Gasteiger charge is 2.32. The van der Waals surface area contributed by atoms with E-state index in [4.69, 9.17) is 4.74 Å². The Morgan fingerprint density at radius 1 is 1.03 bits per heavy atom. The van der Waals surface area contributed by atoms with Crippen molar-refractivity contribution in [2.75, 3.05) is 32.8 Å². The first-order valence-electron chi connectivity index (χ1n) is 12.8. The third kappa shape index (κ3) is 5.62. The average Bonchev–Trinajstić information content (AvgIpc) is 3.26. The van der Waals surface area contributed by atoms with Crippen molar-refractivity contribution in [2.45, 2.75) is 58.5 Å². The maximum absolute atomic E-state index is 13.6. The molecule has 1 aliphatic heterocycles. The van der Waals surface area contributed by atoms with Crippen LogP contribution in [0.3, 0.4) is 0 Å². The minimum Gasteiger partial charge on any atom is -0.489 e. The Labute approximate surface area is 218 Å². The van der Waals surface area contributed by atoms with Gasteiger partial charge in [-0.3, -0.25) is 0 Å². The minimum atomic E-state index is -3.56. The van der Waals surface area contributed by atoms with Gasteiger partial charge in [-0.1, -0.05) is 6.07 Å². The molecule has 1 fully saturated rings. The molecule has 37 heavy (non-hydrogen) atoms. The monoisotopic (exact) mass is 530 g/mol. The number of nitrogens with one attached hydrogen (secondary N) is 3. The summed E-state index contributed by atoms with van der Waals surface area (Å²) in [7, 11) is -3.56. The Bertz CT molecular complexity index is 1410. The van der Waals surface area contributed by atoms with E-state index in [1.54, 1.807) is 22.5 Å². The lowest BCUT2D eigenvalue weighted by Gasteiger charge is -2.33. The molecule has 4 rings (SSSR count). The van der Waals surface area contributed by atoms with Crippen molar-refractivity contribution in [3.8, 4) is 5.75 Å². The van der Waals surface area contributed by atoms with Gasteiger partial charge in [-0.25, -0.2) is 13.2 Å². The summed E-state index contributed by atoms with van der Waals surface area (Å²) in [6.07, 6.45) is 0.813. The first kappa shape index (κ1) is 27.4. The fourth-order valence-electron chi connectivity index (χ4n) is 5.19. The Kier molecular flexibility index (Phi) is 8.13. The molecule has 2 heterocycles. The lowest BCUT2D eigenvalue weighted by Crippen LogP contribution is -2.42. The number of aliphatic hydroxyl groups excluding tert-OH is 1. The van der Waals surface area contributed by atoms with Crippen LogP contribution in [0.2, 0.25) is 0 Å². The second-order valence-electron chi connectivity index (χ2n) is 10.2. The zero-order valence-electron chi connectivity index (χ0n) is 22.3. The lowest BCUT2D eigenvalue weighted by molar-refractivity contribution is 0.105. The number of nitrogens with zero attached hydrogens (tertiary/aromatic N) is 1. The summed E-state index contributed by atoms with van der Waals surface area (Å²) in [6.45, 7) is 12.0. The summed E-state index contributed by atoms with van der Waals surface area (Å²) in [5.41, 5.74) is 5.86. The van der Waals surface area contributed by atoms with Crippen molar-refractivity contribution in [1.29, 1.82) is 0 Å². The number of fused-ring (bicyclic) bond motifs is 1. The summed E-state index contributed by atoms with van der Waals surface area (Å²) in [4.78, 5) is 17.4. The number of imidazole rings is 1. The number of para-hydroxylation sites is 1.